The summed E-state index contributed by atoms with van der Waals surface area (Å²) in [5.74, 6) is 0.257. The van der Waals surface area contributed by atoms with E-state index in [2.05, 4.69) is 10.4 Å². The van der Waals surface area contributed by atoms with Gasteiger partial charge in [0.2, 0.25) is 0 Å². The van der Waals surface area contributed by atoms with Crippen LogP contribution in [0.5, 0.6) is 5.75 Å². The molecule has 7 nitrogen and oxygen atoms in total. The zero-order valence-electron chi connectivity index (χ0n) is 15.3. The van der Waals surface area contributed by atoms with Crippen LogP contribution in [-0.4, -0.2) is 46.2 Å². The number of fused-ring (bicyclic) bond motifs is 2. The van der Waals surface area contributed by atoms with Gasteiger partial charge in [-0.05, 0) is 24.3 Å². The van der Waals surface area contributed by atoms with Gasteiger partial charge >= 0.3 is 0 Å². The molecule has 144 valence electrons. The summed E-state index contributed by atoms with van der Waals surface area (Å²) >= 11 is 6.05. The van der Waals surface area contributed by atoms with Crippen LogP contribution in [0.3, 0.4) is 0 Å². The maximum Gasteiger partial charge on any atom is 0.272 e. The Balaban J connectivity index is 1.42. The number of ether oxygens (including phenoxy) is 1. The van der Waals surface area contributed by atoms with Crippen LogP contribution in [0.25, 0.3) is 10.9 Å². The summed E-state index contributed by atoms with van der Waals surface area (Å²) in [6.45, 7) is 1.03. The van der Waals surface area contributed by atoms with Gasteiger partial charge in [0.15, 0.2) is 12.3 Å². The first kappa shape index (κ1) is 18.3. The zero-order valence-corrected chi connectivity index (χ0v) is 16.1. The third-order valence-corrected chi connectivity index (χ3v) is 4.96. The molecular formula is C20H19ClN4O3. The van der Waals surface area contributed by atoms with Crippen molar-refractivity contribution in [3.05, 3.63) is 58.7 Å². The van der Waals surface area contributed by atoms with Crippen LogP contribution in [0.4, 0.5) is 0 Å². The molecule has 1 aliphatic heterocycles. The quantitative estimate of drug-likeness (QED) is 0.732. The van der Waals surface area contributed by atoms with Gasteiger partial charge in [-0.25, -0.2) is 0 Å². The van der Waals surface area contributed by atoms with Crippen LogP contribution in [0.15, 0.2) is 42.5 Å². The fourth-order valence-electron chi connectivity index (χ4n) is 3.31. The first-order valence-corrected chi connectivity index (χ1v) is 9.29. The molecule has 0 unspecified atom stereocenters. The van der Waals surface area contributed by atoms with Gasteiger partial charge in [0.05, 0.1) is 5.52 Å². The Morgan fingerprint density at radius 1 is 1.29 bits per heavy atom. The minimum Gasteiger partial charge on any atom is -0.483 e. The van der Waals surface area contributed by atoms with Crippen molar-refractivity contribution in [2.75, 3.05) is 19.7 Å². The number of aryl methyl sites for hydroxylation is 1. The van der Waals surface area contributed by atoms with E-state index in [1.54, 1.807) is 34.8 Å². The van der Waals surface area contributed by atoms with E-state index in [-0.39, 0.29) is 18.4 Å². The molecular weight excluding hydrogens is 380 g/mol. The number of nitrogens with zero attached hydrogens (tertiary/aromatic N) is 3. The van der Waals surface area contributed by atoms with Gasteiger partial charge in [-0.3, -0.25) is 14.3 Å². The van der Waals surface area contributed by atoms with Crippen molar-refractivity contribution in [1.29, 1.82) is 0 Å². The molecule has 0 aliphatic carbocycles. The van der Waals surface area contributed by atoms with Crippen molar-refractivity contribution in [3.8, 4) is 5.75 Å². The molecule has 2 heterocycles. The molecule has 0 fully saturated rings. The van der Waals surface area contributed by atoms with E-state index in [0.717, 1.165) is 16.5 Å². The largest absolute Gasteiger partial charge is 0.483 e. The molecule has 3 aromatic rings. The third-order valence-electron chi connectivity index (χ3n) is 4.73. The number of carbonyl (C=O) groups excluding carboxylic acids is 2. The zero-order chi connectivity index (χ0) is 19.7. The Hall–Kier alpha value is -3.06. The lowest BCUT2D eigenvalue weighted by molar-refractivity contribution is -0.133. The second-order valence-electron chi connectivity index (χ2n) is 6.60. The molecule has 0 spiro atoms. The number of halogens is 1. The molecule has 2 aromatic carbocycles. The Kier molecular flexibility index (Phi) is 4.92. The van der Waals surface area contributed by atoms with E-state index in [1.807, 2.05) is 24.3 Å². The topological polar surface area (TPSA) is 76.5 Å². The monoisotopic (exact) mass is 398 g/mol. The van der Waals surface area contributed by atoms with E-state index in [9.17, 15) is 9.59 Å². The number of nitrogens with one attached hydrogen (secondary N) is 1. The summed E-state index contributed by atoms with van der Waals surface area (Å²) in [6.07, 6.45) is 0. The lowest BCUT2D eigenvalue weighted by atomic mass is 10.2. The van der Waals surface area contributed by atoms with Crippen LogP contribution in [0.2, 0.25) is 5.02 Å². The van der Waals surface area contributed by atoms with Crippen LogP contribution < -0.4 is 10.1 Å². The summed E-state index contributed by atoms with van der Waals surface area (Å²) in [7, 11) is 1.80. The predicted molar refractivity (Wildman–Crippen MR) is 105 cm³/mol. The molecule has 0 bridgehead atoms. The number of hydrogen-bond donors (Lipinski definition) is 1. The summed E-state index contributed by atoms with van der Waals surface area (Å²) in [6, 6.07) is 12.9. The second kappa shape index (κ2) is 7.52. The van der Waals surface area contributed by atoms with Crippen molar-refractivity contribution in [1.82, 2.24) is 20.0 Å². The third kappa shape index (κ3) is 3.53. The van der Waals surface area contributed by atoms with Gasteiger partial charge in [-0.15, -0.1) is 0 Å². The Morgan fingerprint density at radius 3 is 2.96 bits per heavy atom. The fraction of sp³-hybridized carbons (Fsp3) is 0.250. The lowest BCUT2D eigenvalue weighted by Gasteiger charge is -2.20. The van der Waals surface area contributed by atoms with Crippen molar-refractivity contribution in [2.24, 2.45) is 7.05 Å². The SMILES string of the molecule is Cn1nc(C(=O)NCCN2Cc3cc(Cl)ccc3OCC2=O)c2ccccc21. The van der Waals surface area contributed by atoms with Crippen molar-refractivity contribution in [3.63, 3.8) is 0 Å². The minimum absolute atomic E-state index is 0.0343. The summed E-state index contributed by atoms with van der Waals surface area (Å²) in [5, 5.41) is 8.55. The molecule has 2 amide bonds. The molecule has 0 saturated heterocycles. The van der Waals surface area contributed by atoms with Crippen LogP contribution >= 0.6 is 11.6 Å². The molecule has 0 radical (unpaired) electrons. The average molecular weight is 399 g/mol. The van der Waals surface area contributed by atoms with E-state index in [0.29, 0.717) is 36.1 Å². The highest BCUT2D eigenvalue weighted by Gasteiger charge is 2.22. The molecule has 28 heavy (non-hydrogen) atoms. The first-order chi connectivity index (χ1) is 13.5. The smallest absolute Gasteiger partial charge is 0.272 e. The van der Waals surface area contributed by atoms with Crippen molar-refractivity contribution >= 4 is 34.3 Å². The summed E-state index contributed by atoms with van der Waals surface area (Å²) in [5.41, 5.74) is 2.11. The van der Waals surface area contributed by atoms with Crippen molar-refractivity contribution in [2.45, 2.75) is 6.54 Å². The molecule has 1 aliphatic rings. The van der Waals surface area contributed by atoms with Gasteiger partial charge in [-0.2, -0.15) is 5.10 Å². The van der Waals surface area contributed by atoms with Gasteiger partial charge in [0.25, 0.3) is 11.8 Å². The second-order valence-corrected chi connectivity index (χ2v) is 7.04. The van der Waals surface area contributed by atoms with Gasteiger partial charge < -0.3 is 15.0 Å². The molecule has 8 heteroatoms. The normalized spacial score (nSPS) is 13.8. The highest BCUT2D eigenvalue weighted by Crippen LogP contribution is 2.26. The Labute approximate surface area is 166 Å². The number of rotatable bonds is 4. The predicted octanol–water partition coefficient (Wildman–Crippen LogP) is 2.38. The van der Waals surface area contributed by atoms with Crippen LogP contribution in [0.1, 0.15) is 16.1 Å². The summed E-state index contributed by atoms with van der Waals surface area (Å²) in [4.78, 5) is 26.6. The van der Waals surface area contributed by atoms with Crippen molar-refractivity contribution < 1.29 is 14.3 Å². The maximum absolute atomic E-state index is 12.6. The number of para-hydroxylation sites is 1. The highest BCUT2D eigenvalue weighted by molar-refractivity contribution is 6.30. The van der Waals surface area contributed by atoms with Gasteiger partial charge in [0.1, 0.15) is 5.75 Å². The molecule has 1 aromatic heterocycles. The summed E-state index contributed by atoms with van der Waals surface area (Å²) < 4.78 is 7.22. The van der Waals surface area contributed by atoms with E-state index in [4.69, 9.17) is 16.3 Å². The molecule has 1 N–H and O–H groups in total. The maximum atomic E-state index is 12.6. The average Bonchev–Trinajstić information content (AvgIpc) is 2.94. The molecule has 4 rings (SSSR count). The fourth-order valence-corrected chi connectivity index (χ4v) is 3.51. The number of carbonyl (C=O) groups is 2. The van der Waals surface area contributed by atoms with Crippen LogP contribution in [-0.2, 0) is 18.4 Å². The number of amides is 2. The van der Waals surface area contributed by atoms with E-state index >= 15 is 0 Å². The number of hydrogen-bond acceptors (Lipinski definition) is 4. The molecule has 0 saturated carbocycles. The minimum atomic E-state index is -0.265. The van der Waals surface area contributed by atoms with Gasteiger partial charge in [0, 0.05) is 42.7 Å². The Morgan fingerprint density at radius 2 is 2.11 bits per heavy atom. The Bertz CT molecular complexity index is 1060. The number of aromatic nitrogens is 2. The van der Waals surface area contributed by atoms with E-state index < -0.39 is 0 Å². The van der Waals surface area contributed by atoms with Gasteiger partial charge in [-0.1, -0.05) is 29.8 Å². The number of benzene rings is 2. The molecule has 0 atom stereocenters. The lowest BCUT2D eigenvalue weighted by Crippen LogP contribution is -2.39. The van der Waals surface area contributed by atoms with E-state index in [1.165, 1.54) is 0 Å². The van der Waals surface area contributed by atoms with Crippen LogP contribution in [0, 0.1) is 0 Å². The standard InChI is InChI=1S/C20H19ClN4O3/c1-24-16-5-3-2-4-15(16)19(23-24)20(27)22-8-9-25-11-13-10-14(21)6-7-17(13)28-12-18(25)26/h2-7,10H,8-9,11-12H2,1H3,(H,22,27). The first-order valence-electron chi connectivity index (χ1n) is 8.92. The highest BCUT2D eigenvalue weighted by atomic mass is 35.5.